The molecule has 0 aliphatic carbocycles. The SMILES string of the molecule is C=C(NCc1ccccc1)Nc1cc(C)cc(Cl)c1. The molecule has 3 heteroatoms. The Labute approximate surface area is 119 Å². The van der Waals surface area contributed by atoms with Gasteiger partial charge in [-0.15, -0.1) is 0 Å². The van der Waals surface area contributed by atoms with E-state index in [0.29, 0.717) is 0 Å². The van der Waals surface area contributed by atoms with Gasteiger partial charge in [-0.05, 0) is 36.2 Å². The molecule has 0 radical (unpaired) electrons. The zero-order valence-electron chi connectivity index (χ0n) is 10.9. The van der Waals surface area contributed by atoms with Crippen LogP contribution in [0.3, 0.4) is 0 Å². The molecule has 2 N–H and O–H groups in total. The molecule has 2 nitrogen and oxygen atoms in total. The number of halogens is 1. The first-order valence-corrected chi connectivity index (χ1v) is 6.52. The van der Waals surface area contributed by atoms with Gasteiger partial charge in [0.25, 0.3) is 0 Å². The quantitative estimate of drug-likeness (QED) is 0.847. The van der Waals surface area contributed by atoms with E-state index in [-0.39, 0.29) is 0 Å². The van der Waals surface area contributed by atoms with Crippen LogP contribution in [0.25, 0.3) is 0 Å². The van der Waals surface area contributed by atoms with Gasteiger partial charge in [0.05, 0.1) is 5.82 Å². The van der Waals surface area contributed by atoms with E-state index < -0.39 is 0 Å². The fourth-order valence-electron chi connectivity index (χ4n) is 1.83. The van der Waals surface area contributed by atoms with E-state index in [1.54, 1.807) is 0 Å². The Bertz CT molecular complexity index is 544. The average Bonchev–Trinajstić information content (AvgIpc) is 2.36. The lowest BCUT2D eigenvalue weighted by atomic mass is 10.2. The maximum Gasteiger partial charge on any atom is 0.0959 e. The van der Waals surface area contributed by atoms with E-state index in [4.69, 9.17) is 11.6 Å². The molecule has 0 saturated carbocycles. The number of anilines is 1. The van der Waals surface area contributed by atoms with Gasteiger partial charge in [-0.1, -0.05) is 48.5 Å². The molecule has 0 saturated heterocycles. The van der Waals surface area contributed by atoms with Crippen LogP contribution in [-0.4, -0.2) is 0 Å². The molecule has 0 unspecified atom stereocenters. The standard InChI is InChI=1S/C16H17ClN2/c1-12-8-15(17)10-16(9-12)19-13(2)18-11-14-6-4-3-5-7-14/h3-10,18-19H,2,11H2,1H3. The minimum absolute atomic E-state index is 0.721. The van der Waals surface area contributed by atoms with Gasteiger partial charge in [0, 0.05) is 17.3 Å². The van der Waals surface area contributed by atoms with Crippen LogP contribution in [0, 0.1) is 6.92 Å². The highest BCUT2D eigenvalue weighted by Crippen LogP contribution is 2.19. The monoisotopic (exact) mass is 272 g/mol. The van der Waals surface area contributed by atoms with Crippen molar-refractivity contribution in [3.63, 3.8) is 0 Å². The topological polar surface area (TPSA) is 24.1 Å². The predicted molar refractivity (Wildman–Crippen MR) is 82.2 cm³/mol. The van der Waals surface area contributed by atoms with Crippen LogP contribution in [0.1, 0.15) is 11.1 Å². The first kappa shape index (κ1) is 13.5. The van der Waals surface area contributed by atoms with Crippen LogP contribution >= 0.6 is 11.6 Å². The molecule has 0 aliphatic heterocycles. The average molecular weight is 273 g/mol. The lowest BCUT2D eigenvalue weighted by Gasteiger charge is -2.13. The van der Waals surface area contributed by atoms with Crippen molar-refractivity contribution in [3.8, 4) is 0 Å². The number of benzene rings is 2. The van der Waals surface area contributed by atoms with Crippen LogP contribution in [0.15, 0.2) is 60.9 Å². The summed E-state index contributed by atoms with van der Waals surface area (Å²) in [7, 11) is 0. The van der Waals surface area contributed by atoms with Gasteiger partial charge in [0.15, 0.2) is 0 Å². The minimum atomic E-state index is 0.721. The van der Waals surface area contributed by atoms with Crippen molar-refractivity contribution in [1.82, 2.24) is 5.32 Å². The van der Waals surface area contributed by atoms with E-state index in [9.17, 15) is 0 Å². The lowest BCUT2D eigenvalue weighted by molar-refractivity contribution is 0.820. The lowest BCUT2D eigenvalue weighted by Crippen LogP contribution is -2.18. The molecule has 0 fully saturated rings. The number of hydrogen-bond acceptors (Lipinski definition) is 2. The van der Waals surface area contributed by atoms with Gasteiger partial charge in [-0.3, -0.25) is 0 Å². The molecule has 2 aromatic rings. The van der Waals surface area contributed by atoms with Gasteiger partial charge in [-0.25, -0.2) is 0 Å². The van der Waals surface area contributed by atoms with Gasteiger partial charge < -0.3 is 10.6 Å². The summed E-state index contributed by atoms with van der Waals surface area (Å²) in [4.78, 5) is 0. The zero-order valence-corrected chi connectivity index (χ0v) is 11.7. The molecule has 0 heterocycles. The Kier molecular flexibility index (Phi) is 4.48. The van der Waals surface area contributed by atoms with Crippen molar-refractivity contribution in [2.75, 3.05) is 5.32 Å². The van der Waals surface area contributed by atoms with Crippen molar-refractivity contribution < 1.29 is 0 Å². The molecule has 0 amide bonds. The number of nitrogens with one attached hydrogen (secondary N) is 2. The maximum atomic E-state index is 6.02. The predicted octanol–water partition coefficient (Wildman–Crippen LogP) is 4.32. The van der Waals surface area contributed by atoms with Crippen molar-refractivity contribution in [3.05, 3.63) is 77.1 Å². The smallest absolute Gasteiger partial charge is 0.0959 e. The summed E-state index contributed by atoms with van der Waals surface area (Å²) in [6.07, 6.45) is 0. The highest BCUT2D eigenvalue weighted by Gasteiger charge is 1.99. The summed E-state index contributed by atoms with van der Waals surface area (Å²) >= 11 is 6.02. The highest BCUT2D eigenvalue weighted by molar-refractivity contribution is 6.30. The molecule has 0 aliphatic rings. The Morgan fingerprint density at radius 2 is 1.89 bits per heavy atom. The fraction of sp³-hybridized carbons (Fsp3) is 0.125. The third-order valence-corrected chi connectivity index (χ3v) is 2.90. The van der Waals surface area contributed by atoms with Crippen molar-refractivity contribution in [2.45, 2.75) is 13.5 Å². The van der Waals surface area contributed by atoms with Crippen LogP contribution in [0.4, 0.5) is 5.69 Å². The van der Waals surface area contributed by atoms with Crippen molar-refractivity contribution >= 4 is 17.3 Å². The Morgan fingerprint density at radius 1 is 1.16 bits per heavy atom. The largest absolute Gasteiger partial charge is 0.368 e. The van der Waals surface area contributed by atoms with Crippen LogP contribution in [-0.2, 0) is 6.54 Å². The summed E-state index contributed by atoms with van der Waals surface area (Å²) in [6, 6.07) is 16.0. The van der Waals surface area contributed by atoms with E-state index in [2.05, 4.69) is 29.3 Å². The van der Waals surface area contributed by atoms with Crippen molar-refractivity contribution in [2.24, 2.45) is 0 Å². The van der Waals surface area contributed by atoms with E-state index in [1.165, 1.54) is 5.56 Å². The van der Waals surface area contributed by atoms with E-state index >= 15 is 0 Å². The molecule has 0 spiro atoms. The summed E-state index contributed by atoms with van der Waals surface area (Å²) in [5, 5.41) is 7.16. The summed E-state index contributed by atoms with van der Waals surface area (Å²) < 4.78 is 0. The normalized spacial score (nSPS) is 10.0. The summed E-state index contributed by atoms with van der Waals surface area (Å²) in [5.41, 5.74) is 3.27. The van der Waals surface area contributed by atoms with Gasteiger partial charge in [-0.2, -0.15) is 0 Å². The number of hydrogen-bond donors (Lipinski definition) is 2. The molecule has 2 rings (SSSR count). The van der Waals surface area contributed by atoms with Gasteiger partial charge >= 0.3 is 0 Å². The van der Waals surface area contributed by atoms with Crippen LogP contribution in [0.2, 0.25) is 5.02 Å². The second-order valence-electron chi connectivity index (χ2n) is 4.46. The molecule has 0 atom stereocenters. The van der Waals surface area contributed by atoms with Crippen molar-refractivity contribution in [1.29, 1.82) is 0 Å². The maximum absolute atomic E-state index is 6.02. The first-order chi connectivity index (χ1) is 9.13. The van der Waals surface area contributed by atoms with Crippen LogP contribution < -0.4 is 10.6 Å². The zero-order chi connectivity index (χ0) is 13.7. The molecule has 0 aromatic heterocycles. The molecule has 19 heavy (non-hydrogen) atoms. The summed E-state index contributed by atoms with van der Waals surface area (Å²) in [5.74, 6) is 0.755. The Hall–Kier alpha value is -1.93. The Morgan fingerprint density at radius 3 is 2.58 bits per heavy atom. The first-order valence-electron chi connectivity index (χ1n) is 6.14. The second kappa shape index (κ2) is 6.30. The number of rotatable bonds is 5. The van der Waals surface area contributed by atoms with Crippen LogP contribution in [0.5, 0.6) is 0 Å². The Balaban J connectivity index is 1.91. The minimum Gasteiger partial charge on any atom is -0.368 e. The van der Waals surface area contributed by atoms with E-state index in [0.717, 1.165) is 28.6 Å². The number of aryl methyl sites for hydroxylation is 1. The summed E-state index contributed by atoms with van der Waals surface area (Å²) in [6.45, 7) is 6.71. The third-order valence-electron chi connectivity index (χ3n) is 2.69. The second-order valence-corrected chi connectivity index (χ2v) is 4.90. The molecular formula is C16H17ClN2. The third kappa shape index (κ3) is 4.34. The van der Waals surface area contributed by atoms with E-state index in [1.807, 2.05) is 43.3 Å². The molecule has 2 aromatic carbocycles. The highest BCUT2D eigenvalue weighted by atomic mass is 35.5. The molecular weight excluding hydrogens is 256 g/mol. The van der Waals surface area contributed by atoms with Gasteiger partial charge in [0.1, 0.15) is 0 Å². The molecule has 0 bridgehead atoms. The van der Waals surface area contributed by atoms with Gasteiger partial charge in [0.2, 0.25) is 0 Å². The fourth-order valence-corrected chi connectivity index (χ4v) is 2.12. The molecule has 98 valence electrons.